The smallest absolute Gasteiger partial charge is 0.251 e. The molecule has 3 amide bonds. The van der Waals surface area contributed by atoms with Crippen LogP contribution in [0, 0.1) is 5.41 Å². The van der Waals surface area contributed by atoms with E-state index in [0.717, 1.165) is 12.8 Å². The Labute approximate surface area is 102 Å². The van der Waals surface area contributed by atoms with Crippen LogP contribution in [0.3, 0.4) is 0 Å². The van der Waals surface area contributed by atoms with Crippen LogP contribution in [0.25, 0.3) is 0 Å². The number of carbonyl (C=O) groups is 3. The van der Waals surface area contributed by atoms with Gasteiger partial charge in [-0.3, -0.25) is 19.3 Å². The molecule has 0 spiro atoms. The van der Waals surface area contributed by atoms with Crippen molar-refractivity contribution in [2.75, 3.05) is 6.54 Å². The van der Waals surface area contributed by atoms with Crippen molar-refractivity contribution >= 4 is 18.2 Å². The van der Waals surface area contributed by atoms with Gasteiger partial charge in [-0.25, -0.2) is 0 Å². The molecule has 5 nitrogen and oxygen atoms in total. The Morgan fingerprint density at radius 2 is 2.06 bits per heavy atom. The average molecular weight is 240 g/mol. The van der Waals surface area contributed by atoms with E-state index in [1.165, 1.54) is 4.90 Å². The van der Waals surface area contributed by atoms with Crippen molar-refractivity contribution in [1.82, 2.24) is 10.2 Å². The van der Waals surface area contributed by atoms with Gasteiger partial charge in [-0.1, -0.05) is 20.8 Å². The molecule has 1 rings (SSSR count). The summed E-state index contributed by atoms with van der Waals surface area (Å²) in [6.07, 6.45) is 2.76. The maximum absolute atomic E-state index is 12.1. The molecule has 0 aromatic carbocycles. The molecule has 0 unspecified atom stereocenters. The molecule has 1 N–H and O–H groups in total. The van der Waals surface area contributed by atoms with Crippen LogP contribution in [0.2, 0.25) is 0 Å². The normalized spacial score (nSPS) is 21.9. The Morgan fingerprint density at radius 1 is 1.41 bits per heavy atom. The minimum Gasteiger partial charge on any atom is -0.347 e. The highest BCUT2D eigenvalue weighted by atomic mass is 16.2. The zero-order valence-corrected chi connectivity index (χ0v) is 10.7. The van der Waals surface area contributed by atoms with E-state index < -0.39 is 11.5 Å². The number of nitrogens with one attached hydrogen (secondary N) is 1. The highest BCUT2D eigenvalue weighted by Crippen LogP contribution is 2.21. The van der Waals surface area contributed by atoms with Gasteiger partial charge in [0.25, 0.3) is 5.91 Å². The lowest BCUT2D eigenvalue weighted by Crippen LogP contribution is -2.50. The topological polar surface area (TPSA) is 66.5 Å². The Kier molecular flexibility index (Phi) is 4.26. The van der Waals surface area contributed by atoms with Gasteiger partial charge in [-0.2, -0.15) is 0 Å². The van der Waals surface area contributed by atoms with Crippen LogP contribution < -0.4 is 5.32 Å². The van der Waals surface area contributed by atoms with Gasteiger partial charge in [0.05, 0.1) is 0 Å². The summed E-state index contributed by atoms with van der Waals surface area (Å²) >= 11 is 0. The van der Waals surface area contributed by atoms with Crippen molar-refractivity contribution in [3.8, 4) is 0 Å². The molecule has 96 valence electrons. The summed E-state index contributed by atoms with van der Waals surface area (Å²) in [6.45, 7) is 5.81. The molecule has 1 fully saturated rings. The third-order valence-corrected chi connectivity index (χ3v) is 2.84. The summed E-state index contributed by atoms with van der Waals surface area (Å²) in [4.78, 5) is 36.0. The minimum atomic E-state index is -0.578. The van der Waals surface area contributed by atoms with E-state index in [1.54, 1.807) is 20.8 Å². The maximum atomic E-state index is 12.1. The second-order valence-electron chi connectivity index (χ2n) is 5.38. The Hall–Kier alpha value is -1.39. The largest absolute Gasteiger partial charge is 0.347 e. The highest BCUT2D eigenvalue weighted by Gasteiger charge is 2.35. The minimum absolute atomic E-state index is 0.179. The number of amides is 3. The molecule has 1 aliphatic heterocycles. The molecule has 0 radical (unpaired) electrons. The lowest BCUT2D eigenvalue weighted by molar-refractivity contribution is -0.151. The van der Waals surface area contributed by atoms with Gasteiger partial charge in [0.2, 0.25) is 12.3 Å². The number of hydrogen-bond acceptors (Lipinski definition) is 3. The molecule has 1 heterocycles. The van der Waals surface area contributed by atoms with E-state index in [1.807, 2.05) is 0 Å². The first-order valence-corrected chi connectivity index (χ1v) is 5.93. The Bertz CT molecular complexity index is 320. The monoisotopic (exact) mass is 240 g/mol. The molecular formula is C12H20N2O3. The summed E-state index contributed by atoms with van der Waals surface area (Å²) < 4.78 is 0. The molecule has 17 heavy (non-hydrogen) atoms. The van der Waals surface area contributed by atoms with Gasteiger partial charge >= 0.3 is 0 Å². The molecule has 0 aliphatic carbocycles. The number of nitrogens with zero attached hydrogens (tertiary/aromatic N) is 1. The van der Waals surface area contributed by atoms with Crippen LogP contribution >= 0.6 is 0 Å². The molecule has 0 aromatic heterocycles. The summed E-state index contributed by atoms with van der Waals surface area (Å²) in [7, 11) is 0. The van der Waals surface area contributed by atoms with Crippen molar-refractivity contribution in [2.24, 2.45) is 5.41 Å². The zero-order valence-electron chi connectivity index (χ0n) is 10.7. The molecule has 5 heteroatoms. The van der Waals surface area contributed by atoms with E-state index in [4.69, 9.17) is 0 Å². The van der Waals surface area contributed by atoms with Crippen molar-refractivity contribution < 1.29 is 14.4 Å². The first-order chi connectivity index (χ1) is 7.88. The highest BCUT2D eigenvalue weighted by molar-refractivity contribution is 6.00. The van der Waals surface area contributed by atoms with E-state index in [0.29, 0.717) is 19.4 Å². The van der Waals surface area contributed by atoms with Gasteiger partial charge in [0, 0.05) is 12.0 Å². The summed E-state index contributed by atoms with van der Waals surface area (Å²) in [5, 5.41) is 2.49. The van der Waals surface area contributed by atoms with Crippen LogP contribution in [-0.2, 0) is 14.4 Å². The number of rotatable bonds is 2. The lowest BCUT2D eigenvalue weighted by Gasteiger charge is -2.28. The maximum Gasteiger partial charge on any atom is 0.251 e. The third kappa shape index (κ3) is 3.28. The predicted molar refractivity (Wildman–Crippen MR) is 63.0 cm³/mol. The fraction of sp³-hybridized carbons (Fsp3) is 0.750. The molecule has 1 saturated heterocycles. The second-order valence-corrected chi connectivity index (χ2v) is 5.38. The first kappa shape index (κ1) is 13.7. The van der Waals surface area contributed by atoms with Crippen molar-refractivity contribution in [1.29, 1.82) is 0 Å². The molecule has 0 saturated carbocycles. The van der Waals surface area contributed by atoms with E-state index in [9.17, 15) is 14.4 Å². The SMILES string of the molecule is CC(C)(C)C(=O)N1CCCC[C@H](NC=O)C1=O. The van der Waals surface area contributed by atoms with Crippen LogP contribution in [-0.4, -0.2) is 35.7 Å². The van der Waals surface area contributed by atoms with Crippen LogP contribution in [0.5, 0.6) is 0 Å². The van der Waals surface area contributed by atoms with Crippen molar-refractivity contribution in [2.45, 2.75) is 46.1 Å². The van der Waals surface area contributed by atoms with Crippen LogP contribution in [0.1, 0.15) is 40.0 Å². The molecule has 0 aromatic rings. The van der Waals surface area contributed by atoms with Crippen molar-refractivity contribution in [3.63, 3.8) is 0 Å². The lowest BCUT2D eigenvalue weighted by atomic mass is 9.94. The molecule has 1 atom stereocenters. The number of imide groups is 1. The summed E-state index contributed by atoms with van der Waals surface area (Å²) in [5.41, 5.74) is -0.578. The predicted octanol–water partition coefficient (Wildman–Crippen LogP) is 0.686. The van der Waals surface area contributed by atoms with Gasteiger partial charge in [0.1, 0.15) is 6.04 Å². The van der Waals surface area contributed by atoms with E-state index in [-0.39, 0.29) is 11.8 Å². The molecule has 1 aliphatic rings. The molecular weight excluding hydrogens is 220 g/mol. The Morgan fingerprint density at radius 3 is 2.59 bits per heavy atom. The van der Waals surface area contributed by atoms with Gasteiger partial charge < -0.3 is 5.32 Å². The quantitative estimate of drug-likeness (QED) is 0.722. The number of carbonyl (C=O) groups excluding carboxylic acids is 3. The van der Waals surface area contributed by atoms with Crippen LogP contribution in [0.4, 0.5) is 0 Å². The van der Waals surface area contributed by atoms with Crippen LogP contribution in [0.15, 0.2) is 0 Å². The van der Waals surface area contributed by atoms with Gasteiger partial charge in [-0.15, -0.1) is 0 Å². The van der Waals surface area contributed by atoms with E-state index >= 15 is 0 Å². The van der Waals surface area contributed by atoms with Gasteiger partial charge in [-0.05, 0) is 19.3 Å². The van der Waals surface area contributed by atoms with Crippen molar-refractivity contribution in [3.05, 3.63) is 0 Å². The Balaban J connectivity index is 2.86. The van der Waals surface area contributed by atoms with Gasteiger partial charge in [0.15, 0.2) is 0 Å². The second kappa shape index (κ2) is 5.29. The molecule has 0 bridgehead atoms. The number of hydrogen-bond donors (Lipinski definition) is 1. The summed E-state index contributed by atoms with van der Waals surface area (Å²) in [5.74, 6) is -0.461. The van der Waals surface area contributed by atoms with E-state index in [2.05, 4.69) is 5.32 Å². The summed E-state index contributed by atoms with van der Waals surface area (Å²) in [6, 6.07) is -0.554. The standard InChI is InChI=1S/C12H20N2O3/c1-12(2,3)11(17)14-7-5-4-6-9(10(14)16)13-8-15/h8-9H,4-7H2,1-3H3,(H,13,15)/t9-/m0/s1. The average Bonchev–Trinajstić information content (AvgIpc) is 2.40. The fourth-order valence-electron chi connectivity index (χ4n) is 1.88. The third-order valence-electron chi connectivity index (χ3n) is 2.84. The first-order valence-electron chi connectivity index (χ1n) is 5.93. The number of likely N-dealkylation sites (tertiary alicyclic amines) is 1. The fourth-order valence-corrected chi connectivity index (χ4v) is 1.88. The zero-order chi connectivity index (χ0) is 13.1.